The van der Waals surface area contributed by atoms with Gasteiger partial charge in [0.25, 0.3) is 5.91 Å². The summed E-state index contributed by atoms with van der Waals surface area (Å²) in [6.45, 7) is 2.87. The Labute approximate surface area is 192 Å². The van der Waals surface area contributed by atoms with Crippen molar-refractivity contribution in [3.05, 3.63) is 77.5 Å². The molecule has 9 heteroatoms. The SMILES string of the molecule is Cc1ccc(S(=O)(=O)N2CCCCC2)cc1NC(=O)c1ccc(COc2ccc(F)cc2)o1. The first-order valence-electron chi connectivity index (χ1n) is 10.7. The fourth-order valence-electron chi connectivity index (χ4n) is 3.60. The van der Waals surface area contributed by atoms with Crippen LogP contribution in [-0.2, 0) is 16.6 Å². The molecule has 0 spiro atoms. The third-order valence-electron chi connectivity index (χ3n) is 5.49. The number of nitrogens with zero attached hydrogens (tertiary/aromatic N) is 1. The highest BCUT2D eigenvalue weighted by molar-refractivity contribution is 7.89. The van der Waals surface area contributed by atoms with Gasteiger partial charge in [-0.15, -0.1) is 0 Å². The fraction of sp³-hybridized carbons (Fsp3) is 0.292. The first-order valence-corrected chi connectivity index (χ1v) is 12.2. The second-order valence-electron chi connectivity index (χ2n) is 7.90. The number of carbonyl (C=O) groups excluding carboxylic acids is 1. The number of sulfonamides is 1. The minimum absolute atomic E-state index is 0.0661. The lowest BCUT2D eigenvalue weighted by molar-refractivity contribution is 0.0992. The van der Waals surface area contributed by atoms with E-state index in [-0.39, 0.29) is 23.1 Å². The number of rotatable bonds is 7. The molecule has 3 aromatic rings. The van der Waals surface area contributed by atoms with Gasteiger partial charge >= 0.3 is 0 Å². The molecule has 1 aliphatic rings. The summed E-state index contributed by atoms with van der Waals surface area (Å²) in [5.74, 6) is 0.0984. The van der Waals surface area contributed by atoms with Gasteiger partial charge in [0.05, 0.1) is 4.90 Å². The molecule has 0 radical (unpaired) electrons. The molecule has 0 atom stereocenters. The minimum Gasteiger partial charge on any atom is -0.486 e. The van der Waals surface area contributed by atoms with Crippen LogP contribution in [-0.4, -0.2) is 31.7 Å². The second kappa shape index (κ2) is 9.76. The largest absolute Gasteiger partial charge is 0.486 e. The van der Waals surface area contributed by atoms with Crippen molar-refractivity contribution in [1.29, 1.82) is 0 Å². The summed E-state index contributed by atoms with van der Waals surface area (Å²) in [4.78, 5) is 12.9. The zero-order chi connectivity index (χ0) is 23.4. The number of ether oxygens (including phenoxy) is 1. The van der Waals surface area contributed by atoms with Gasteiger partial charge in [-0.2, -0.15) is 4.31 Å². The Kier molecular flexibility index (Phi) is 6.80. The van der Waals surface area contributed by atoms with Gasteiger partial charge < -0.3 is 14.5 Å². The summed E-state index contributed by atoms with van der Waals surface area (Å²) >= 11 is 0. The lowest BCUT2D eigenvalue weighted by atomic mass is 10.2. The van der Waals surface area contributed by atoms with E-state index in [2.05, 4.69) is 5.32 Å². The van der Waals surface area contributed by atoms with Crippen LogP contribution < -0.4 is 10.1 Å². The van der Waals surface area contributed by atoms with Crippen molar-refractivity contribution in [1.82, 2.24) is 4.31 Å². The first kappa shape index (κ1) is 23.0. The maximum absolute atomic E-state index is 13.0. The van der Waals surface area contributed by atoms with Crippen molar-refractivity contribution in [3.63, 3.8) is 0 Å². The molecule has 0 bridgehead atoms. The average molecular weight is 473 g/mol. The molecule has 7 nitrogen and oxygen atoms in total. The minimum atomic E-state index is -3.62. The van der Waals surface area contributed by atoms with Gasteiger partial charge in [-0.3, -0.25) is 4.79 Å². The van der Waals surface area contributed by atoms with Crippen LogP contribution in [0.3, 0.4) is 0 Å². The smallest absolute Gasteiger partial charge is 0.291 e. The van der Waals surface area contributed by atoms with E-state index in [0.717, 1.165) is 24.8 Å². The molecule has 1 saturated heterocycles. The maximum Gasteiger partial charge on any atom is 0.291 e. The summed E-state index contributed by atoms with van der Waals surface area (Å²) in [5.41, 5.74) is 1.13. The summed E-state index contributed by atoms with van der Waals surface area (Å²) in [7, 11) is -3.62. The van der Waals surface area contributed by atoms with Crippen LogP contribution in [0, 0.1) is 12.7 Å². The predicted octanol–water partition coefficient (Wildman–Crippen LogP) is 4.73. The third-order valence-corrected chi connectivity index (χ3v) is 7.38. The van der Waals surface area contributed by atoms with Crippen LogP contribution in [0.5, 0.6) is 5.75 Å². The molecule has 33 heavy (non-hydrogen) atoms. The number of halogens is 1. The Hall–Kier alpha value is -3.17. The third kappa shape index (κ3) is 5.43. The lowest BCUT2D eigenvalue weighted by Crippen LogP contribution is -2.35. The molecule has 0 saturated carbocycles. The zero-order valence-corrected chi connectivity index (χ0v) is 19.0. The molecular weight excluding hydrogens is 447 g/mol. The molecule has 174 valence electrons. The van der Waals surface area contributed by atoms with Gasteiger partial charge in [0.15, 0.2) is 5.76 Å². The first-order chi connectivity index (χ1) is 15.8. The van der Waals surface area contributed by atoms with Crippen molar-refractivity contribution in [2.75, 3.05) is 18.4 Å². The van der Waals surface area contributed by atoms with Crippen LogP contribution in [0.2, 0.25) is 0 Å². The average Bonchev–Trinajstić information content (AvgIpc) is 3.30. The topological polar surface area (TPSA) is 88.9 Å². The number of nitrogens with one attached hydrogen (secondary N) is 1. The van der Waals surface area contributed by atoms with Gasteiger partial charge in [0, 0.05) is 18.8 Å². The fourth-order valence-corrected chi connectivity index (χ4v) is 5.14. The standard InChI is InChI=1S/C24H25FN2O5S/c1-17-5-11-21(33(29,30)27-13-3-2-4-14-27)15-22(17)26-24(28)23-12-10-20(32-23)16-31-19-8-6-18(25)7-9-19/h5-12,15H,2-4,13-14,16H2,1H3,(H,26,28). The van der Waals surface area contributed by atoms with Crippen molar-refractivity contribution in [3.8, 4) is 5.75 Å². The van der Waals surface area contributed by atoms with Gasteiger partial charge in [-0.05, 0) is 73.9 Å². The highest BCUT2D eigenvalue weighted by Crippen LogP contribution is 2.26. The Morgan fingerprint density at radius 2 is 1.79 bits per heavy atom. The summed E-state index contributed by atoms with van der Waals surface area (Å²) < 4.78 is 51.5. The number of hydrogen-bond donors (Lipinski definition) is 1. The van der Waals surface area contributed by atoms with Crippen LogP contribution in [0.1, 0.15) is 41.1 Å². The van der Waals surface area contributed by atoms with Crippen molar-refractivity contribution >= 4 is 21.6 Å². The summed E-state index contributed by atoms with van der Waals surface area (Å²) in [5, 5.41) is 2.74. The molecule has 2 heterocycles. The molecule has 0 aliphatic carbocycles. The van der Waals surface area contributed by atoms with Gasteiger partial charge in [-0.1, -0.05) is 12.5 Å². The molecule has 1 fully saturated rings. The molecule has 1 aromatic heterocycles. The molecule has 1 aliphatic heterocycles. The van der Waals surface area contributed by atoms with Crippen LogP contribution in [0.4, 0.5) is 10.1 Å². The van der Waals surface area contributed by atoms with Crippen molar-refractivity contribution in [2.24, 2.45) is 0 Å². The predicted molar refractivity (Wildman–Crippen MR) is 121 cm³/mol. The van der Waals surface area contributed by atoms with Gasteiger partial charge in [0.1, 0.15) is 23.9 Å². The van der Waals surface area contributed by atoms with Crippen LogP contribution in [0.15, 0.2) is 63.9 Å². The molecule has 1 N–H and O–H groups in total. The summed E-state index contributed by atoms with van der Waals surface area (Å²) in [6, 6.07) is 13.4. The maximum atomic E-state index is 13.0. The lowest BCUT2D eigenvalue weighted by Gasteiger charge is -2.26. The van der Waals surface area contributed by atoms with Crippen molar-refractivity contribution < 1.29 is 26.8 Å². The number of carbonyl (C=O) groups is 1. The van der Waals surface area contributed by atoms with E-state index in [1.807, 2.05) is 0 Å². The number of benzene rings is 2. The van der Waals surface area contributed by atoms with Gasteiger partial charge in [-0.25, -0.2) is 12.8 Å². The Morgan fingerprint density at radius 3 is 2.52 bits per heavy atom. The number of furan rings is 1. The van der Waals surface area contributed by atoms with E-state index in [9.17, 15) is 17.6 Å². The number of hydrogen-bond acceptors (Lipinski definition) is 5. The van der Waals surface area contributed by atoms with E-state index in [1.165, 1.54) is 40.7 Å². The van der Waals surface area contributed by atoms with E-state index >= 15 is 0 Å². The van der Waals surface area contributed by atoms with Crippen LogP contribution >= 0.6 is 0 Å². The molecule has 0 unspecified atom stereocenters. The quantitative estimate of drug-likeness (QED) is 0.537. The Bertz CT molecular complexity index is 1230. The molecule has 1 amide bonds. The Morgan fingerprint density at radius 1 is 1.06 bits per heavy atom. The Balaban J connectivity index is 1.44. The molecule has 4 rings (SSSR count). The number of amides is 1. The van der Waals surface area contributed by atoms with E-state index < -0.39 is 15.9 Å². The van der Waals surface area contributed by atoms with E-state index in [1.54, 1.807) is 25.1 Å². The highest BCUT2D eigenvalue weighted by atomic mass is 32.2. The summed E-state index contributed by atoms with van der Waals surface area (Å²) in [6.07, 6.45) is 2.72. The number of aryl methyl sites for hydroxylation is 1. The van der Waals surface area contributed by atoms with E-state index in [4.69, 9.17) is 9.15 Å². The number of anilines is 1. The van der Waals surface area contributed by atoms with Crippen LogP contribution in [0.25, 0.3) is 0 Å². The normalized spacial score (nSPS) is 14.7. The number of piperidine rings is 1. The monoisotopic (exact) mass is 472 g/mol. The second-order valence-corrected chi connectivity index (χ2v) is 9.84. The van der Waals surface area contributed by atoms with E-state index in [0.29, 0.717) is 30.3 Å². The van der Waals surface area contributed by atoms with Crippen molar-refractivity contribution in [2.45, 2.75) is 37.7 Å². The van der Waals surface area contributed by atoms with Gasteiger partial charge in [0.2, 0.25) is 10.0 Å². The zero-order valence-electron chi connectivity index (χ0n) is 18.2. The molecular formula is C24H25FN2O5S. The molecule has 2 aromatic carbocycles. The highest BCUT2D eigenvalue weighted by Gasteiger charge is 2.26.